The van der Waals surface area contributed by atoms with Crippen LogP contribution < -0.4 is 0 Å². The summed E-state index contributed by atoms with van der Waals surface area (Å²) in [5, 5.41) is 20.4. The Kier molecular flexibility index (Phi) is 6.33. The number of hydrogen-bond acceptors (Lipinski definition) is 4. The molecular formula is C32H41NO3. The molecule has 0 aromatic heterocycles. The lowest BCUT2D eigenvalue weighted by molar-refractivity contribution is -0.231. The molecule has 5 rings (SSSR count). The molecule has 0 saturated heterocycles. The Morgan fingerprint density at radius 3 is 2.56 bits per heavy atom. The van der Waals surface area contributed by atoms with Crippen molar-refractivity contribution in [1.29, 1.82) is 5.26 Å². The predicted molar refractivity (Wildman–Crippen MR) is 141 cm³/mol. The second-order valence-electron chi connectivity index (χ2n) is 12.6. The van der Waals surface area contributed by atoms with Crippen LogP contribution in [0.25, 0.3) is 0 Å². The molecule has 36 heavy (non-hydrogen) atoms. The summed E-state index contributed by atoms with van der Waals surface area (Å²) in [5.74, 6) is 0.991. The number of Topliss-reactive ketones (excluding diaryl/α,β-unsaturated/α-hetero) is 1. The van der Waals surface area contributed by atoms with Gasteiger partial charge in [0.05, 0.1) is 18.2 Å². The number of rotatable bonds is 6. The number of carbonyl (C=O) groups is 1. The van der Waals surface area contributed by atoms with Crippen molar-refractivity contribution >= 4 is 5.78 Å². The largest absolute Gasteiger partial charge is 0.365 e. The number of ether oxygens (including phenoxy) is 1. The molecule has 1 N–H and O–H groups in total. The van der Waals surface area contributed by atoms with E-state index in [0.717, 1.165) is 50.5 Å². The zero-order chi connectivity index (χ0) is 25.8. The topological polar surface area (TPSA) is 70.3 Å². The van der Waals surface area contributed by atoms with Crippen molar-refractivity contribution in [3.8, 4) is 6.07 Å². The number of nitrogens with zero attached hydrogens (tertiary/aromatic N) is 1. The number of benzene rings is 1. The van der Waals surface area contributed by atoms with E-state index in [0.29, 0.717) is 48.5 Å². The van der Waals surface area contributed by atoms with E-state index in [1.54, 1.807) is 12.1 Å². The standard InChI is InChI=1S/C32H41NO3/c1-5-14-31(22(2)34)16-13-28-26-11-10-25-19-32(35,36-21-24-8-6-23(20-33)7-9-24)18-17-29(25,3)27(26)12-15-30(28,31)4/h5-10,26-28,35H,1,11-19,21H2,2-4H3/t26-,27+,28+,29+,30+,31-,32-/m1/s1. The van der Waals surface area contributed by atoms with Crippen LogP contribution in [0.3, 0.4) is 0 Å². The Hall–Kier alpha value is -2.22. The first-order valence-electron chi connectivity index (χ1n) is 13.8. The molecule has 7 atom stereocenters. The van der Waals surface area contributed by atoms with Gasteiger partial charge < -0.3 is 9.84 Å². The normalized spacial score (nSPS) is 41.3. The molecule has 0 spiro atoms. The molecule has 4 nitrogen and oxygen atoms in total. The number of nitriles is 1. The number of carbonyl (C=O) groups excluding carboxylic acids is 1. The van der Waals surface area contributed by atoms with Crippen LogP contribution in [0.5, 0.6) is 0 Å². The smallest absolute Gasteiger partial charge is 0.169 e. The quantitative estimate of drug-likeness (QED) is 0.351. The molecule has 0 bridgehead atoms. The molecule has 0 aliphatic heterocycles. The van der Waals surface area contributed by atoms with E-state index in [1.807, 2.05) is 25.1 Å². The second kappa shape index (κ2) is 8.96. The minimum absolute atomic E-state index is 0.0511. The van der Waals surface area contributed by atoms with Gasteiger partial charge in [-0.05, 0) is 98.1 Å². The molecule has 0 heterocycles. The van der Waals surface area contributed by atoms with Gasteiger partial charge in [0, 0.05) is 18.3 Å². The van der Waals surface area contributed by atoms with Gasteiger partial charge >= 0.3 is 0 Å². The van der Waals surface area contributed by atoms with E-state index in [1.165, 1.54) is 5.57 Å². The Morgan fingerprint density at radius 2 is 1.89 bits per heavy atom. The highest BCUT2D eigenvalue weighted by molar-refractivity contribution is 5.84. The van der Waals surface area contributed by atoms with Crippen LogP contribution in [0.15, 0.2) is 48.6 Å². The first-order chi connectivity index (χ1) is 17.1. The Morgan fingerprint density at radius 1 is 1.17 bits per heavy atom. The summed E-state index contributed by atoms with van der Waals surface area (Å²) in [4.78, 5) is 13.0. The maximum atomic E-state index is 13.0. The minimum Gasteiger partial charge on any atom is -0.365 e. The summed E-state index contributed by atoms with van der Waals surface area (Å²) < 4.78 is 6.11. The van der Waals surface area contributed by atoms with Crippen LogP contribution in [0.4, 0.5) is 0 Å². The summed E-state index contributed by atoms with van der Waals surface area (Å²) in [7, 11) is 0. The van der Waals surface area contributed by atoms with Crippen molar-refractivity contribution in [1.82, 2.24) is 0 Å². The van der Waals surface area contributed by atoms with Gasteiger partial charge in [0.1, 0.15) is 5.78 Å². The van der Waals surface area contributed by atoms with Gasteiger partial charge in [-0.2, -0.15) is 5.26 Å². The van der Waals surface area contributed by atoms with Gasteiger partial charge in [-0.15, -0.1) is 6.58 Å². The number of allylic oxidation sites excluding steroid dienone is 2. The maximum Gasteiger partial charge on any atom is 0.169 e. The second-order valence-corrected chi connectivity index (χ2v) is 12.6. The maximum absolute atomic E-state index is 13.0. The van der Waals surface area contributed by atoms with E-state index >= 15 is 0 Å². The Bertz CT molecular complexity index is 1120. The van der Waals surface area contributed by atoms with Crippen LogP contribution in [-0.4, -0.2) is 16.7 Å². The number of ketones is 1. The SMILES string of the molecule is C=CC[C@]1(C(C)=O)CC[C@H]2[C@@H]3CC=C4C[C@](O)(OCc5ccc(C#N)cc5)CC[C@]4(C)[C@H]3CC[C@@]21C. The van der Waals surface area contributed by atoms with Gasteiger partial charge in [-0.1, -0.05) is 43.7 Å². The lowest BCUT2D eigenvalue weighted by Crippen LogP contribution is -2.55. The minimum atomic E-state index is -1.14. The van der Waals surface area contributed by atoms with Crippen LogP contribution in [0.2, 0.25) is 0 Å². The van der Waals surface area contributed by atoms with Crippen molar-refractivity contribution in [2.45, 2.75) is 91.0 Å². The lowest BCUT2D eigenvalue weighted by Gasteiger charge is -2.60. The molecular weight excluding hydrogens is 446 g/mol. The first-order valence-corrected chi connectivity index (χ1v) is 13.8. The van der Waals surface area contributed by atoms with E-state index in [4.69, 9.17) is 10.00 Å². The van der Waals surface area contributed by atoms with E-state index in [2.05, 4.69) is 32.6 Å². The summed E-state index contributed by atoms with van der Waals surface area (Å²) in [6, 6.07) is 9.51. The fourth-order valence-corrected chi connectivity index (χ4v) is 9.07. The van der Waals surface area contributed by atoms with Gasteiger partial charge in [0.2, 0.25) is 0 Å². The van der Waals surface area contributed by atoms with Crippen molar-refractivity contribution in [3.63, 3.8) is 0 Å². The molecule has 4 aliphatic rings. The van der Waals surface area contributed by atoms with Crippen molar-refractivity contribution in [3.05, 3.63) is 59.7 Å². The molecule has 1 aromatic rings. The van der Waals surface area contributed by atoms with Crippen LogP contribution in [-0.2, 0) is 16.1 Å². The summed E-state index contributed by atoms with van der Waals surface area (Å²) >= 11 is 0. The van der Waals surface area contributed by atoms with E-state index in [-0.39, 0.29) is 16.2 Å². The van der Waals surface area contributed by atoms with E-state index < -0.39 is 5.79 Å². The van der Waals surface area contributed by atoms with Crippen molar-refractivity contribution in [2.75, 3.05) is 0 Å². The molecule has 192 valence electrons. The highest BCUT2D eigenvalue weighted by Crippen LogP contribution is 2.70. The summed E-state index contributed by atoms with van der Waals surface area (Å²) in [6.45, 7) is 11.0. The lowest BCUT2D eigenvalue weighted by atomic mass is 9.45. The van der Waals surface area contributed by atoms with E-state index in [9.17, 15) is 9.90 Å². The zero-order valence-corrected chi connectivity index (χ0v) is 22.2. The summed E-state index contributed by atoms with van der Waals surface area (Å²) in [5.41, 5.74) is 2.85. The average molecular weight is 488 g/mol. The molecule has 3 fully saturated rings. The van der Waals surface area contributed by atoms with Gasteiger partial charge in [0.15, 0.2) is 5.79 Å². The molecule has 3 saturated carbocycles. The number of fused-ring (bicyclic) bond motifs is 5. The molecule has 1 aromatic carbocycles. The molecule has 0 unspecified atom stereocenters. The van der Waals surface area contributed by atoms with Crippen molar-refractivity contribution < 1.29 is 14.6 Å². The number of aliphatic hydroxyl groups is 1. The highest BCUT2D eigenvalue weighted by atomic mass is 16.6. The Balaban J connectivity index is 1.34. The molecule has 4 aliphatic carbocycles. The van der Waals surface area contributed by atoms with Crippen LogP contribution >= 0.6 is 0 Å². The Labute approximate surface area is 216 Å². The third kappa shape index (κ3) is 3.74. The van der Waals surface area contributed by atoms with Gasteiger partial charge in [0.25, 0.3) is 0 Å². The third-order valence-electron chi connectivity index (χ3n) is 11.2. The molecule has 0 amide bonds. The summed E-state index contributed by atoms with van der Waals surface area (Å²) in [6.07, 6.45) is 12.8. The van der Waals surface area contributed by atoms with Crippen LogP contribution in [0.1, 0.15) is 89.7 Å². The molecule has 4 heteroatoms. The first kappa shape index (κ1) is 25.4. The number of hydrogen-bond donors (Lipinski definition) is 1. The van der Waals surface area contributed by atoms with Gasteiger partial charge in [-0.25, -0.2) is 0 Å². The van der Waals surface area contributed by atoms with Crippen molar-refractivity contribution in [2.24, 2.45) is 34.0 Å². The third-order valence-corrected chi connectivity index (χ3v) is 11.2. The average Bonchev–Trinajstić information content (AvgIpc) is 3.17. The monoisotopic (exact) mass is 487 g/mol. The van der Waals surface area contributed by atoms with Crippen LogP contribution in [0, 0.1) is 45.3 Å². The van der Waals surface area contributed by atoms with Gasteiger partial charge in [-0.3, -0.25) is 4.79 Å². The molecule has 0 radical (unpaired) electrons. The highest BCUT2D eigenvalue weighted by Gasteiger charge is 2.65. The predicted octanol–water partition coefficient (Wildman–Crippen LogP) is 6.88. The zero-order valence-electron chi connectivity index (χ0n) is 22.2. The fraction of sp³-hybridized carbons (Fsp3) is 0.625. The fourth-order valence-electron chi connectivity index (χ4n) is 9.07.